The standard InChI is InChI=1S/C12H20Cl2N2/c1-5-11(8(2)3)15-7-9-6-10(13)12(14)16(9)4/h6,8,11,15H,5,7H2,1-4H3. The fourth-order valence-electron chi connectivity index (χ4n) is 1.85. The number of hydrogen-bond acceptors (Lipinski definition) is 1. The number of hydrogen-bond donors (Lipinski definition) is 1. The van der Waals surface area contributed by atoms with E-state index < -0.39 is 0 Å². The zero-order valence-corrected chi connectivity index (χ0v) is 11.9. The summed E-state index contributed by atoms with van der Waals surface area (Å²) in [6.07, 6.45) is 1.13. The van der Waals surface area contributed by atoms with Gasteiger partial charge in [-0.1, -0.05) is 44.0 Å². The number of rotatable bonds is 5. The maximum absolute atomic E-state index is 6.01. The predicted octanol–water partition coefficient (Wildman–Crippen LogP) is 3.86. The van der Waals surface area contributed by atoms with Crippen LogP contribution >= 0.6 is 23.2 Å². The van der Waals surface area contributed by atoms with Crippen LogP contribution in [0.3, 0.4) is 0 Å². The van der Waals surface area contributed by atoms with Crippen molar-refractivity contribution in [1.29, 1.82) is 0 Å². The smallest absolute Gasteiger partial charge is 0.127 e. The lowest BCUT2D eigenvalue weighted by atomic mass is 10.0. The molecule has 1 heterocycles. The Morgan fingerprint density at radius 2 is 2.00 bits per heavy atom. The van der Waals surface area contributed by atoms with Crippen molar-refractivity contribution in [2.45, 2.75) is 39.8 Å². The summed E-state index contributed by atoms with van der Waals surface area (Å²) in [7, 11) is 1.93. The summed E-state index contributed by atoms with van der Waals surface area (Å²) in [4.78, 5) is 0. The van der Waals surface area contributed by atoms with Crippen LogP contribution in [0, 0.1) is 5.92 Å². The van der Waals surface area contributed by atoms with E-state index in [-0.39, 0.29) is 0 Å². The predicted molar refractivity (Wildman–Crippen MR) is 71.2 cm³/mol. The molecular weight excluding hydrogens is 243 g/mol. The molecule has 0 spiro atoms. The molecule has 0 amide bonds. The summed E-state index contributed by atoms with van der Waals surface area (Å²) in [5.41, 5.74) is 1.12. The van der Waals surface area contributed by atoms with E-state index in [1.165, 1.54) is 0 Å². The molecule has 0 aromatic carbocycles. The fraction of sp³-hybridized carbons (Fsp3) is 0.667. The van der Waals surface area contributed by atoms with E-state index in [1.54, 1.807) is 0 Å². The van der Waals surface area contributed by atoms with E-state index >= 15 is 0 Å². The molecule has 1 aromatic rings. The molecule has 0 aliphatic carbocycles. The van der Waals surface area contributed by atoms with E-state index in [9.17, 15) is 0 Å². The molecule has 0 saturated heterocycles. The first-order valence-electron chi connectivity index (χ1n) is 5.70. The van der Waals surface area contributed by atoms with Crippen molar-refractivity contribution in [2.24, 2.45) is 13.0 Å². The monoisotopic (exact) mass is 262 g/mol. The van der Waals surface area contributed by atoms with Crippen LogP contribution in [0.15, 0.2) is 6.07 Å². The van der Waals surface area contributed by atoms with Gasteiger partial charge in [-0.15, -0.1) is 0 Å². The average Bonchev–Trinajstić information content (AvgIpc) is 2.47. The average molecular weight is 263 g/mol. The Bertz CT molecular complexity index is 345. The van der Waals surface area contributed by atoms with Gasteiger partial charge in [0.15, 0.2) is 0 Å². The molecule has 4 heteroatoms. The molecule has 92 valence electrons. The van der Waals surface area contributed by atoms with Crippen molar-refractivity contribution in [3.05, 3.63) is 21.9 Å². The number of nitrogens with one attached hydrogen (secondary N) is 1. The first kappa shape index (κ1) is 13.9. The van der Waals surface area contributed by atoms with Crippen molar-refractivity contribution in [3.8, 4) is 0 Å². The van der Waals surface area contributed by atoms with Gasteiger partial charge in [0.2, 0.25) is 0 Å². The Morgan fingerprint density at radius 1 is 1.38 bits per heavy atom. The highest BCUT2D eigenvalue weighted by molar-refractivity contribution is 6.41. The van der Waals surface area contributed by atoms with Gasteiger partial charge in [-0.3, -0.25) is 0 Å². The van der Waals surface area contributed by atoms with Crippen LogP contribution in [0.4, 0.5) is 0 Å². The second kappa shape index (κ2) is 5.95. The molecule has 1 N–H and O–H groups in total. The largest absolute Gasteiger partial charge is 0.336 e. The Kier molecular flexibility index (Phi) is 5.16. The van der Waals surface area contributed by atoms with E-state index in [1.807, 2.05) is 17.7 Å². The van der Waals surface area contributed by atoms with E-state index in [4.69, 9.17) is 23.2 Å². The molecule has 1 atom stereocenters. The normalized spacial score (nSPS) is 13.4. The third-order valence-corrected chi connectivity index (χ3v) is 3.85. The summed E-state index contributed by atoms with van der Waals surface area (Å²) >= 11 is 12.0. The van der Waals surface area contributed by atoms with Gasteiger partial charge in [0, 0.05) is 25.3 Å². The third-order valence-electron chi connectivity index (χ3n) is 3.01. The third kappa shape index (κ3) is 3.16. The first-order chi connectivity index (χ1) is 7.47. The lowest BCUT2D eigenvalue weighted by molar-refractivity contribution is 0.384. The van der Waals surface area contributed by atoms with Crippen molar-refractivity contribution in [1.82, 2.24) is 9.88 Å². The Balaban J connectivity index is 2.64. The Morgan fingerprint density at radius 3 is 2.38 bits per heavy atom. The molecule has 1 aromatic heterocycles. The van der Waals surface area contributed by atoms with E-state index in [2.05, 4.69) is 26.1 Å². The van der Waals surface area contributed by atoms with Crippen molar-refractivity contribution >= 4 is 23.2 Å². The number of halogens is 2. The number of nitrogens with zero attached hydrogens (tertiary/aromatic N) is 1. The van der Waals surface area contributed by atoms with Crippen LogP contribution in [-0.2, 0) is 13.6 Å². The zero-order chi connectivity index (χ0) is 12.3. The van der Waals surface area contributed by atoms with Gasteiger partial charge in [0.05, 0.1) is 5.02 Å². The minimum absolute atomic E-state index is 0.535. The molecule has 1 unspecified atom stereocenters. The van der Waals surface area contributed by atoms with Gasteiger partial charge >= 0.3 is 0 Å². The SMILES string of the molecule is CCC(NCc1cc(Cl)c(Cl)n1C)C(C)C. The van der Waals surface area contributed by atoms with Crippen LogP contribution in [0.2, 0.25) is 10.2 Å². The van der Waals surface area contributed by atoms with Crippen LogP contribution in [0.5, 0.6) is 0 Å². The molecule has 0 fully saturated rings. The molecule has 2 nitrogen and oxygen atoms in total. The van der Waals surface area contributed by atoms with Crippen LogP contribution in [-0.4, -0.2) is 10.6 Å². The summed E-state index contributed by atoms with van der Waals surface area (Å²) in [6.45, 7) is 7.46. The van der Waals surface area contributed by atoms with Crippen molar-refractivity contribution < 1.29 is 0 Å². The molecule has 0 radical (unpaired) electrons. The molecule has 0 aliphatic rings. The Labute approximate surface area is 108 Å². The zero-order valence-electron chi connectivity index (χ0n) is 10.3. The topological polar surface area (TPSA) is 17.0 Å². The second-order valence-electron chi connectivity index (χ2n) is 4.47. The second-order valence-corrected chi connectivity index (χ2v) is 5.24. The van der Waals surface area contributed by atoms with Crippen LogP contribution in [0.25, 0.3) is 0 Å². The minimum Gasteiger partial charge on any atom is -0.336 e. The minimum atomic E-state index is 0.535. The lowest BCUT2D eigenvalue weighted by Gasteiger charge is -2.20. The fourth-order valence-corrected chi connectivity index (χ4v) is 2.26. The molecular formula is C12H20Cl2N2. The van der Waals surface area contributed by atoms with E-state index in [0.29, 0.717) is 22.1 Å². The quantitative estimate of drug-likeness (QED) is 0.853. The van der Waals surface area contributed by atoms with Gasteiger partial charge < -0.3 is 9.88 Å². The van der Waals surface area contributed by atoms with Gasteiger partial charge in [-0.2, -0.15) is 0 Å². The van der Waals surface area contributed by atoms with Gasteiger partial charge in [-0.25, -0.2) is 0 Å². The maximum Gasteiger partial charge on any atom is 0.127 e. The highest BCUT2D eigenvalue weighted by atomic mass is 35.5. The highest BCUT2D eigenvalue weighted by Crippen LogP contribution is 2.25. The van der Waals surface area contributed by atoms with Crippen molar-refractivity contribution in [2.75, 3.05) is 0 Å². The van der Waals surface area contributed by atoms with Gasteiger partial charge in [-0.05, 0) is 18.4 Å². The summed E-state index contributed by atoms with van der Waals surface area (Å²) in [5, 5.41) is 4.76. The van der Waals surface area contributed by atoms with Gasteiger partial charge in [0.1, 0.15) is 5.15 Å². The number of aromatic nitrogens is 1. The molecule has 0 saturated carbocycles. The van der Waals surface area contributed by atoms with Gasteiger partial charge in [0.25, 0.3) is 0 Å². The van der Waals surface area contributed by atoms with Crippen LogP contribution < -0.4 is 5.32 Å². The lowest BCUT2D eigenvalue weighted by Crippen LogP contribution is -2.33. The molecule has 0 bridgehead atoms. The summed E-state index contributed by atoms with van der Waals surface area (Å²) < 4.78 is 1.92. The van der Waals surface area contributed by atoms with E-state index in [0.717, 1.165) is 18.7 Å². The summed E-state index contributed by atoms with van der Waals surface area (Å²) in [6, 6.07) is 2.46. The van der Waals surface area contributed by atoms with Crippen molar-refractivity contribution in [3.63, 3.8) is 0 Å². The molecule has 1 rings (SSSR count). The summed E-state index contributed by atoms with van der Waals surface area (Å²) in [5.74, 6) is 0.635. The molecule has 16 heavy (non-hydrogen) atoms. The first-order valence-corrected chi connectivity index (χ1v) is 6.45. The molecule has 0 aliphatic heterocycles. The Hall–Kier alpha value is -0.180. The highest BCUT2D eigenvalue weighted by Gasteiger charge is 2.13. The van der Waals surface area contributed by atoms with Crippen LogP contribution in [0.1, 0.15) is 32.9 Å². The maximum atomic E-state index is 6.01.